The molecule has 2 amide bonds. The topological polar surface area (TPSA) is 71.8 Å². The second-order valence-electron chi connectivity index (χ2n) is 8.18. The van der Waals surface area contributed by atoms with E-state index in [1.54, 1.807) is 17.0 Å². The van der Waals surface area contributed by atoms with Gasteiger partial charge in [-0.2, -0.15) is 0 Å². The number of nitrogens with zero attached hydrogens (tertiary/aromatic N) is 1. The summed E-state index contributed by atoms with van der Waals surface area (Å²) < 4.78 is 26.3. The molecule has 4 aromatic rings. The normalized spacial score (nSPS) is 14.3. The monoisotopic (exact) mass is 478 g/mol. The molecule has 0 aliphatic carbocycles. The second kappa shape index (κ2) is 9.69. The van der Waals surface area contributed by atoms with E-state index in [4.69, 9.17) is 9.15 Å². The zero-order valence-corrected chi connectivity index (χ0v) is 19.1. The molecule has 174 valence electrons. The molecule has 3 heterocycles. The molecule has 5 rings (SSSR count). The minimum atomic E-state index is -0.370. The first-order valence-electron chi connectivity index (χ1n) is 11.1. The van der Waals surface area contributed by atoms with E-state index in [0.29, 0.717) is 57.8 Å². The number of fused-ring (bicyclic) bond motifs is 1. The van der Waals surface area contributed by atoms with E-state index in [1.165, 1.54) is 29.9 Å². The van der Waals surface area contributed by atoms with E-state index >= 15 is 0 Å². The van der Waals surface area contributed by atoms with Gasteiger partial charge in [0.25, 0.3) is 11.8 Å². The van der Waals surface area contributed by atoms with Crippen molar-refractivity contribution >= 4 is 33.2 Å². The number of nitrogens with one attached hydrogen (secondary N) is 1. The van der Waals surface area contributed by atoms with Crippen LogP contribution in [-0.2, 0) is 6.61 Å². The fourth-order valence-electron chi connectivity index (χ4n) is 4.21. The number of furan rings is 1. The summed E-state index contributed by atoms with van der Waals surface area (Å²) >= 11 is 1.27. The number of para-hydroxylation sites is 1. The number of hydrogen-bond acceptors (Lipinski definition) is 5. The third-order valence-corrected chi connectivity index (χ3v) is 7.18. The van der Waals surface area contributed by atoms with Crippen LogP contribution in [0, 0.1) is 5.82 Å². The van der Waals surface area contributed by atoms with E-state index in [9.17, 15) is 14.0 Å². The molecule has 0 saturated carbocycles. The van der Waals surface area contributed by atoms with Crippen molar-refractivity contribution in [2.24, 2.45) is 0 Å². The van der Waals surface area contributed by atoms with Crippen LogP contribution in [0.1, 0.15) is 38.4 Å². The summed E-state index contributed by atoms with van der Waals surface area (Å²) in [7, 11) is 0. The molecule has 34 heavy (non-hydrogen) atoms. The number of carbonyl (C=O) groups is 2. The molecule has 1 aliphatic rings. The van der Waals surface area contributed by atoms with Crippen molar-refractivity contribution in [3.05, 3.63) is 88.9 Å². The van der Waals surface area contributed by atoms with Crippen LogP contribution >= 0.6 is 11.3 Å². The Kier molecular flexibility index (Phi) is 6.31. The van der Waals surface area contributed by atoms with Gasteiger partial charge in [-0.3, -0.25) is 9.59 Å². The Balaban J connectivity index is 1.30. The Hall–Kier alpha value is -3.65. The average molecular weight is 479 g/mol. The van der Waals surface area contributed by atoms with E-state index in [2.05, 4.69) is 5.32 Å². The highest BCUT2D eigenvalue weighted by Crippen LogP contribution is 2.34. The Labute approximate surface area is 199 Å². The van der Waals surface area contributed by atoms with Crippen LogP contribution in [0.2, 0.25) is 0 Å². The third kappa shape index (κ3) is 4.54. The largest absolute Gasteiger partial charge is 0.489 e. The highest BCUT2D eigenvalue weighted by Gasteiger charge is 2.27. The number of carbonyl (C=O) groups excluding carboxylic acids is 2. The van der Waals surface area contributed by atoms with E-state index in [-0.39, 0.29) is 30.3 Å². The Morgan fingerprint density at radius 1 is 1.09 bits per heavy atom. The molecular weight excluding hydrogens is 455 g/mol. The standard InChI is InChI=1S/C26H23FN2O4S/c27-21-7-4-8-22-23(21)20(16-33-19-5-2-1-3-6-19)24(34-22)25(30)28-18-9-12-29(13-10-18)26(31)17-11-14-32-15-17/h1-8,11,14-15,18H,9-10,12-13,16H2,(H,28,30). The van der Waals surface area contributed by atoms with Gasteiger partial charge in [0, 0.05) is 34.8 Å². The lowest BCUT2D eigenvalue weighted by molar-refractivity contribution is 0.0697. The van der Waals surface area contributed by atoms with Crippen molar-refractivity contribution in [2.75, 3.05) is 13.1 Å². The quantitative estimate of drug-likeness (QED) is 0.411. The SMILES string of the molecule is O=C(NC1CCN(C(=O)c2ccoc2)CC1)c1sc2cccc(F)c2c1COc1ccccc1. The van der Waals surface area contributed by atoms with Crippen molar-refractivity contribution in [3.63, 3.8) is 0 Å². The molecule has 0 spiro atoms. The minimum Gasteiger partial charge on any atom is -0.489 e. The number of piperidine rings is 1. The maximum Gasteiger partial charge on any atom is 0.262 e. The molecule has 0 bridgehead atoms. The molecule has 0 atom stereocenters. The first kappa shape index (κ1) is 22.2. The van der Waals surface area contributed by atoms with Crippen molar-refractivity contribution in [2.45, 2.75) is 25.5 Å². The zero-order chi connectivity index (χ0) is 23.5. The number of rotatable bonds is 6. The first-order valence-corrected chi connectivity index (χ1v) is 11.9. The highest BCUT2D eigenvalue weighted by molar-refractivity contribution is 7.21. The van der Waals surface area contributed by atoms with Gasteiger partial charge in [0.1, 0.15) is 24.4 Å². The molecule has 1 N–H and O–H groups in total. The van der Waals surface area contributed by atoms with Crippen molar-refractivity contribution in [1.82, 2.24) is 10.2 Å². The fourth-order valence-corrected chi connectivity index (χ4v) is 5.33. The van der Waals surface area contributed by atoms with Gasteiger partial charge < -0.3 is 19.4 Å². The molecule has 1 aliphatic heterocycles. The van der Waals surface area contributed by atoms with Gasteiger partial charge in [0.15, 0.2) is 0 Å². The second-order valence-corrected chi connectivity index (χ2v) is 9.23. The third-order valence-electron chi connectivity index (χ3n) is 5.98. The maximum atomic E-state index is 14.7. The van der Waals surface area contributed by atoms with Gasteiger partial charge in [0.2, 0.25) is 0 Å². The summed E-state index contributed by atoms with van der Waals surface area (Å²) in [6, 6.07) is 15.7. The van der Waals surface area contributed by atoms with Crippen molar-refractivity contribution in [1.29, 1.82) is 0 Å². The number of thiophene rings is 1. The number of benzene rings is 2. The predicted molar refractivity (Wildman–Crippen MR) is 128 cm³/mol. The molecule has 8 heteroatoms. The molecule has 0 unspecified atom stereocenters. The number of amides is 2. The van der Waals surface area contributed by atoms with Crippen LogP contribution in [0.4, 0.5) is 4.39 Å². The highest BCUT2D eigenvalue weighted by atomic mass is 32.1. The smallest absolute Gasteiger partial charge is 0.262 e. The molecular formula is C26H23FN2O4S. The summed E-state index contributed by atoms with van der Waals surface area (Å²) in [4.78, 5) is 28.0. The van der Waals surface area contributed by atoms with Gasteiger partial charge in [-0.25, -0.2) is 4.39 Å². The summed E-state index contributed by atoms with van der Waals surface area (Å²) in [6.45, 7) is 1.17. The van der Waals surface area contributed by atoms with Crippen molar-refractivity contribution in [3.8, 4) is 5.75 Å². The van der Waals surface area contributed by atoms with E-state index in [0.717, 1.165) is 0 Å². The summed E-state index contributed by atoms with van der Waals surface area (Å²) in [6.07, 6.45) is 4.21. The van der Waals surface area contributed by atoms with Gasteiger partial charge in [-0.1, -0.05) is 24.3 Å². The lowest BCUT2D eigenvalue weighted by Crippen LogP contribution is -2.46. The number of hydrogen-bond donors (Lipinski definition) is 1. The lowest BCUT2D eigenvalue weighted by Gasteiger charge is -2.32. The zero-order valence-electron chi connectivity index (χ0n) is 18.3. The number of likely N-dealkylation sites (tertiary alicyclic amines) is 1. The Bertz CT molecular complexity index is 1300. The summed E-state index contributed by atoms with van der Waals surface area (Å²) in [5, 5.41) is 3.51. The first-order chi connectivity index (χ1) is 16.6. The molecule has 2 aromatic carbocycles. The van der Waals surface area contributed by atoms with Crippen LogP contribution in [0.5, 0.6) is 5.75 Å². The Morgan fingerprint density at radius 3 is 2.62 bits per heavy atom. The van der Waals surface area contributed by atoms with E-state index < -0.39 is 0 Å². The Morgan fingerprint density at radius 2 is 1.88 bits per heavy atom. The molecule has 6 nitrogen and oxygen atoms in total. The fraction of sp³-hybridized carbons (Fsp3) is 0.231. The molecule has 1 fully saturated rings. The number of ether oxygens (including phenoxy) is 1. The molecule has 0 radical (unpaired) electrons. The number of halogens is 1. The van der Waals surface area contributed by atoms with Crippen LogP contribution in [0.25, 0.3) is 10.1 Å². The van der Waals surface area contributed by atoms with Gasteiger partial charge in [0.05, 0.1) is 16.7 Å². The van der Waals surface area contributed by atoms with Crippen molar-refractivity contribution < 1.29 is 23.1 Å². The summed E-state index contributed by atoms with van der Waals surface area (Å²) in [5.41, 5.74) is 1.07. The lowest BCUT2D eigenvalue weighted by atomic mass is 10.0. The average Bonchev–Trinajstić information content (AvgIpc) is 3.53. The van der Waals surface area contributed by atoms with Crippen LogP contribution in [0.15, 0.2) is 71.5 Å². The van der Waals surface area contributed by atoms with E-state index in [1.807, 2.05) is 36.4 Å². The van der Waals surface area contributed by atoms with Gasteiger partial charge >= 0.3 is 0 Å². The predicted octanol–water partition coefficient (Wildman–Crippen LogP) is 5.25. The maximum absolute atomic E-state index is 14.7. The van der Waals surface area contributed by atoms with Gasteiger partial charge in [-0.15, -0.1) is 11.3 Å². The van der Waals surface area contributed by atoms with Crippen LogP contribution in [-0.4, -0.2) is 35.8 Å². The van der Waals surface area contributed by atoms with Crippen LogP contribution < -0.4 is 10.1 Å². The summed E-state index contributed by atoms with van der Waals surface area (Å²) in [5.74, 6) is -0.0320. The minimum absolute atomic E-state index is 0.0705. The van der Waals surface area contributed by atoms with Crippen LogP contribution in [0.3, 0.4) is 0 Å². The van der Waals surface area contributed by atoms with Gasteiger partial charge in [-0.05, 0) is 43.2 Å². The molecule has 1 saturated heterocycles. The molecule has 2 aromatic heterocycles.